The first-order valence-corrected chi connectivity index (χ1v) is 8.91. The second-order valence-electron chi connectivity index (χ2n) is 6.84. The van der Waals surface area contributed by atoms with Gasteiger partial charge in [-0.3, -0.25) is 4.79 Å². The molecule has 0 radical (unpaired) electrons. The molecule has 4 rings (SSSR count). The van der Waals surface area contributed by atoms with Crippen molar-refractivity contribution < 1.29 is 14.1 Å². The molecule has 0 bridgehead atoms. The minimum absolute atomic E-state index is 0.0837. The number of amides is 1. The maximum atomic E-state index is 12.6. The van der Waals surface area contributed by atoms with Crippen molar-refractivity contribution in [2.45, 2.75) is 26.2 Å². The van der Waals surface area contributed by atoms with Crippen LogP contribution in [0.4, 0.5) is 5.69 Å². The summed E-state index contributed by atoms with van der Waals surface area (Å²) in [6.07, 6.45) is 0.380. The number of methoxy groups -OCH3 is 1. The molecule has 1 amide bonds. The molecule has 27 heavy (non-hydrogen) atoms. The van der Waals surface area contributed by atoms with Gasteiger partial charge in [0.15, 0.2) is 5.82 Å². The van der Waals surface area contributed by atoms with E-state index in [2.05, 4.69) is 10.1 Å². The molecule has 0 aliphatic carbocycles. The number of anilines is 1. The van der Waals surface area contributed by atoms with Crippen molar-refractivity contribution in [2.24, 2.45) is 0 Å². The molecule has 3 aromatic rings. The molecule has 6 nitrogen and oxygen atoms in total. The Morgan fingerprint density at radius 2 is 1.89 bits per heavy atom. The lowest BCUT2D eigenvalue weighted by atomic mass is 10.1. The highest BCUT2D eigenvalue weighted by Gasteiger charge is 2.35. The lowest BCUT2D eigenvalue weighted by molar-refractivity contribution is -0.117. The van der Waals surface area contributed by atoms with Gasteiger partial charge in [-0.25, -0.2) is 0 Å². The van der Waals surface area contributed by atoms with E-state index in [4.69, 9.17) is 9.26 Å². The number of carbonyl (C=O) groups excluding carboxylic acids is 1. The van der Waals surface area contributed by atoms with E-state index in [-0.39, 0.29) is 11.8 Å². The average Bonchev–Trinajstić information content (AvgIpc) is 3.29. The van der Waals surface area contributed by atoms with Gasteiger partial charge >= 0.3 is 0 Å². The van der Waals surface area contributed by atoms with Crippen LogP contribution in [0.1, 0.15) is 29.3 Å². The summed E-state index contributed by atoms with van der Waals surface area (Å²) < 4.78 is 10.7. The molecule has 0 saturated carbocycles. The first-order chi connectivity index (χ1) is 13.1. The van der Waals surface area contributed by atoms with E-state index in [1.54, 1.807) is 7.11 Å². The molecule has 1 saturated heterocycles. The molecule has 138 valence electrons. The summed E-state index contributed by atoms with van der Waals surface area (Å²) in [7, 11) is 1.62. The van der Waals surface area contributed by atoms with Gasteiger partial charge in [0, 0.05) is 30.1 Å². The highest BCUT2D eigenvalue weighted by molar-refractivity contribution is 5.97. The number of benzene rings is 2. The van der Waals surface area contributed by atoms with E-state index in [9.17, 15) is 4.79 Å². The summed E-state index contributed by atoms with van der Waals surface area (Å²) in [5.74, 6) is 1.73. The average molecular weight is 363 g/mol. The molecule has 1 unspecified atom stereocenters. The second kappa shape index (κ2) is 6.87. The zero-order valence-corrected chi connectivity index (χ0v) is 15.6. The van der Waals surface area contributed by atoms with Gasteiger partial charge in [0.25, 0.3) is 5.89 Å². The molecule has 0 spiro atoms. The van der Waals surface area contributed by atoms with Crippen LogP contribution in [0.2, 0.25) is 0 Å². The van der Waals surface area contributed by atoms with E-state index in [0.717, 1.165) is 28.1 Å². The van der Waals surface area contributed by atoms with Crippen LogP contribution in [0.5, 0.6) is 5.75 Å². The molecule has 1 atom stereocenters. The SMILES string of the molecule is COc1cccc(-c2nc(C3CC(=O)N(c4c(C)cccc4C)C3)no2)c1. The number of carbonyl (C=O) groups is 1. The zero-order valence-electron chi connectivity index (χ0n) is 15.6. The molecule has 1 fully saturated rings. The standard InChI is InChI=1S/C21H21N3O3/c1-13-6-4-7-14(2)19(13)24-12-16(11-18(24)25)20-22-21(27-23-20)15-8-5-9-17(10-15)26-3/h4-10,16H,11-12H2,1-3H3. The van der Waals surface area contributed by atoms with Gasteiger partial charge < -0.3 is 14.2 Å². The normalized spacial score (nSPS) is 16.8. The maximum Gasteiger partial charge on any atom is 0.258 e. The predicted octanol–water partition coefficient (Wildman–Crippen LogP) is 3.88. The third kappa shape index (κ3) is 3.18. The molecule has 1 aromatic heterocycles. The van der Waals surface area contributed by atoms with Gasteiger partial charge in [-0.1, -0.05) is 29.4 Å². The lowest BCUT2D eigenvalue weighted by Crippen LogP contribution is -2.26. The van der Waals surface area contributed by atoms with E-state index < -0.39 is 0 Å². The Labute approximate surface area is 157 Å². The number of hydrogen-bond donors (Lipinski definition) is 0. The Bertz CT molecular complexity index is 976. The van der Waals surface area contributed by atoms with E-state index in [1.165, 1.54) is 0 Å². The van der Waals surface area contributed by atoms with Crippen LogP contribution in [0.15, 0.2) is 47.0 Å². The minimum Gasteiger partial charge on any atom is -0.497 e. The zero-order chi connectivity index (χ0) is 19.0. The Hall–Kier alpha value is -3.15. The fraction of sp³-hybridized carbons (Fsp3) is 0.286. The molecule has 1 aliphatic rings. The van der Waals surface area contributed by atoms with Gasteiger partial charge in [-0.15, -0.1) is 0 Å². The fourth-order valence-electron chi connectivity index (χ4n) is 3.60. The quantitative estimate of drug-likeness (QED) is 0.703. The van der Waals surface area contributed by atoms with E-state index in [0.29, 0.717) is 24.7 Å². The highest BCUT2D eigenvalue weighted by Crippen LogP contribution is 2.35. The topological polar surface area (TPSA) is 68.5 Å². The summed E-state index contributed by atoms with van der Waals surface area (Å²) in [6, 6.07) is 13.5. The molecule has 2 heterocycles. The monoisotopic (exact) mass is 363 g/mol. The molecule has 1 aliphatic heterocycles. The first kappa shape index (κ1) is 17.3. The number of aromatic nitrogens is 2. The number of hydrogen-bond acceptors (Lipinski definition) is 5. The highest BCUT2D eigenvalue weighted by atomic mass is 16.5. The number of aryl methyl sites for hydroxylation is 2. The van der Waals surface area contributed by atoms with Crippen LogP contribution < -0.4 is 9.64 Å². The van der Waals surface area contributed by atoms with Crippen molar-refractivity contribution in [1.29, 1.82) is 0 Å². The second-order valence-corrected chi connectivity index (χ2v) is 6.84. The third-order valence-corrected chi connectivity index (χ3v) is 4.96. The molecule has 6 heteroatoms. The maximum absolute atomic E-state index is 12.6. The lowest BCUT2D eigenvalue weighted by Gasteiger charge is -2.21. The number of para-hydroxylation sites is 1. The fourth-order valence-corrected chi connectivity index (χ4v) is 3.60. The first-order valence-electron chi connectivity index (χ1n) is 8.91. The summed E-state index contributed by atoms with van der Waals surface area (Å²) in [5, 5.41) is 4.13. The van der Waals surface area contributed by atoms with Crippen molar-refractivity contribution in [3.8, 4) is 17.2 Å². The molecular weight excluding hydrogens is 342 g/mol. The third-order valence-electron chi connectivity index (χ3n) is 4.96. The Morgan fingerprint density at radius 3 is 2.63 bits per heavy atom. The van der Waals surface area contributed by atoms with Gasteiger partial charge in [-0.2, -0.15) is 4.98 Å². The summed E-state index contributed by atoms with van der Waals surface area (Å²) >= 11 is 0. The van der Waals surface area contributed by atoms with Crippen molar-refractivity contribution in [1.82, 2.24) is 10.1 Å². The van der Waals surface area contributed by atoms with Crippen LogP contribution in [0, 0.1) is 13.8 Å². The molecular formula is C21H21N3O3. The predicted molar refractivity (Wildman–Crippen MR) is 102 cm³/mol. The van der Waals surface area contributed by atoms with Crippen LogP contribution in [-0.4, -0.2) is 29.7 Å². The number of ether oxygens (including phenoxy) is 1. The van der Waals surface area contributed by atoms with Crippen LogP contribution >= 0.6 is 0 Å². The van der Waals surface area contributed by atoms with Gasteiger partial charge in [0.2, 0.25) is 5.91 Å². The van der Waals surface area contributed by atoms with Crippen LogP contribution in [0.25, 0.3) is 11.5 Å². The number of rotatable bonds is 4. The smallest absolute Gasteiger partial charge is 0.258 e. The van der Waals surface area contributed by atoms with Gasteiger partial charge in [0.1, 0.15) is 5.75 Å². The van der Waals surface area contributed by atoms with Crippen molar-refractivity contribution in [3.63, 3.8) is 0 Å². The minimum atomic E-state index is -0.0837. The Morgan fingerprint density at radius 1 is 1.15 bits per heavy atom. The van der Waals surface area contributed by atoms with E-state index >= 15 is 0 Å². The largest absolute Gasteiger partial charge is 0.497 e. The molecule has 0 N–H and O–H groups in total. The summed E-state index contributed by atoms with van der Waals surface area (Å²) in [4.78, 5) is 19.0. The van der Waals surface area contributed by atoms with Gasteiger partial charge in [0.05, 0.1) is 7.11 Å². The number of nitrogens with zero attached hydrogens (tertiary/aromatic N) is 3. The summed E-state index contributed by atoms with van der Waals surface area (Å²) in [6.45, 7) is 4.61. The van der Waals surface area contributed by atoms with Crippen molar-refractivity contribution >= 4 is 11.6 Å². The van der Waals surface area contributed by atoms with Gasteiger partial charge in [-0.05, 0) is 43.2 Å². The Balaban J connectivity index is 1.59. The van der Waals surface area contributed by atoms with Crippen molar-refractivity contribution in [2.75, 3.05) is 18.6 Å². The van der Waals surface area contributed by atoms with E-state index in [1.807, 2.05) is 61.2 Å². The molecule has 2 aromatic carbocycles. The Kier molecular flexibility index (Phi) is 4.39. The van der Waals surface area contributed by atoms with Crippen LogP contribution in [0.3, 0.4) is 0 Å². The van der Waals surface area contributed by atoms with Crippen molar-refractivity contribution in [3.05, 3.63) is 59.4 Å². The summed E-state index contributed by atoms with van der Waals surface area (Å²) in [5.41, 5.74) is 3.97. The van der Waals surface area contributed by atoms with Crippen LogP contribution in [-0.2, 0) is 4.79 Å².